The van der Waals surface area contributed by atoms with Crippen molar-refractivity contribution < 1.29 is 17.0 Å². The zero-order valence-electron chi connectivity index (χ0n) is 9.41. The van der Waals surface area contributed by atoms with Gasteiger partial charge in [-0.25, -0.2) is 0 Å². The smallest absolute Gasteiger partial charge is 0.306 e. The Labute approximate surface area is 105 Å². The third-order valence-corrected chi connectivity index (χ3v) is 2.89. The Hall–Kier alpha value is -1.88. The van der Waals surface area contributed by atoms with Crippen molar-refractivity contribution in [3.63, 3.8) is 0 Å². The summed E-state index contributed by atoms with van der Waals surface area (Å²) in [5.41, 5.74) is 0.353. The van der Waals surface area contributed by atoms with E-state index in [9.17, 15) is 12.3 Å². The minimum atomic E-state index is -4.52. The van der Waals surface area contributed by atoms with E-state index in [0.29, 0.717) is 17.1 Å². The number of halogens is 1. The van der Waals surface area contributed by atoms with Crippen LogP contribution in [0.15, 0.2) is 54.6 Å². The van der Waals surface area contributed by atoms with Crippen LogP contribution in [0.4, 0.5) is 3.89 Å². The minimum absolute atomic E-state index is 0.353. The molecule has 0 N–H and O–H groups in total. The zero-order chi connectivity index (χ0) is 13.0. The molecule has 2 aromatic carbocycles. The molecule has 0 amide bonds. The molecule has 2 aromatic rings. The van der Waals surface area contributed by atoms with Crippen LogP contribution < -0.4 is 4.74 Å². The van der Waals surface area contributed by atoms with E-state index in [1.807, 2.05) is 18.2 Å². The molecule has 18 heavy (non-hydrogen) atoms. The molecule has 0 atom stereocenters. The van der Waals surface area contributed by atoms with Crippen LogP contribution in [0.2, 0.25) is 0 Å². The molecular formula is C13H11FO3S. The molecule has 0 fully saturated rings. The number of para-hydroxylation sites is 1. The van der Waals surface area contributed by atoms with E-state index in [1.165, 1.54) is 12.1 Å². The van der Waals surface area contributed by atoms with Gasteiger partial charge in [-0.1, -0.05) is 30.3 Å². The van der Waals surface area contributed by atoms with Gasteiger partial charge in [0.05, 0.1) is 0 Å². The maximum atomic E-state index is 12.6. The Morgan fingerprint density at radius 3 is 2.28 bits per heavy atom. The maximum absolute atomic E-state index is 12.6. The van der Waals surface area contributed by atoms with Crippen LogP contribution in [0.25, 0.3) is 0 Å². The molecule has 0 spiro atoms. The summed E-state index contributed by atoms with van der Waals surface area (Å²) in [7, 11) is -4.52. The van der Waals surface area contributed by atoms with Crippen molar-refractivity contribution in [3.05, 3.63) is 60.2 Å². The van der Waals surface area contributed by atoms with E-state index in [-0.39, 0.29) is 0 Å². The number of hydrogen-bond donors (Lipinski definition) is 0. The molecule has 5 heteroatoms. The molecule has 0 radical (unpaired) electrons. The third kappa shape index (κ3) is 3.85. The first-order valence-corrected chi connectivity index (χ1v) is 6.82. The molecule has 0 bridgehead atoms. The summed E-state index contributed by atoms with van der Waals surface area (Å²) in [5, 5.41) is 0. The summed E-state index contributed by atoms with van der Waals surface area (Å²) in [6, 6.07) is 15.4. The van der Waals surface area contributed by atoms with Crippen LogP contribution in [-0.4, -0.2) is 8.42 Å². The van der Waals surface area contributed by atoms with Crippen molar-refractivity contribution >= 4 is 10.2 Å². The fraction of sp³-hybridized carbons (Fsp3) is 0.0769. The Morgan fingerprint density at radius 1 is 0.944 bits per heavy atom. The Balaban J connectivity index is 2.18. The van der Waals surface area contributed by atoms with Gasteiger partial charge in [-0.2, -0.15) is 8.42 Å². The number of hydrogen-bond acceptors (Lipinski definition) is 3. The molecular weight excluding hydrogens is 255 g/mol. The van der Waals surface area contributed by atoms with Crippen molar-refractivity contribution in [2.24, 2.45) is 0 Å². The molecule has 3 nitrogen and oxygen atoms in total. The lowest BCUT2D eigenvalue weighted by molar-refractivity contribution is 0.482. The minimum Gasteiger partial charge on any atom is -0.457 e. The van der Waals surface area contributed by atoms with Gasteiger partial charge >= 0.3 is 10.2 Å². The lowest BCUT2D eigenvalue weighted by Crippen LogP contribution is -1.96. The van der Waals surface area contributed by atoms with Crippen LogP contribution in [0.3, 0.4) is 0 Å². The Morgan fingerprint density at radius 2 is 1.61 bits per heavy atom. The van der Waals surface area contributed by atoms with Crippen molar-refractivity contribution in [1.82, 2.24) is 0 Å². The second-order valence-corrected chi connectivity index (χ2v) is 5.11. The average Bonchev–Trinajstić information content (AvgIpc) is 2.28. The quantitative estimate of drug-likeness (QED) is 0.798. The van der Waals surface area contributed by atoms with Gasteiger partial charge in [-0.3, -0.25) is 0 Å². The topological polar surface area (TPSA) is 43.4 Å². The summed E-state index contributed by atoms with van der Waals surface area (Å²) in [5.74, 6) is 0.471. The van der Waals surface area contributed by atoms with Crippen LogP contribution in [-0.2, 0) is 16.0 Å². The van der Waals surface area contributed by atoms with Crippen molar-refractivity contribution in [1.29, 1.82) is 0 Å². The van der Waals surface area contributed by atoms with Gasteiger partial charge in [0.25, 0.3) is 0 Å². The molecule has 94 valence electrons. The molecule has 0 aliphatic heterocycles. The average molecular weight is 266 g/mol. The fourth-order valence-electron chi connectivity index (χ4n) is 1.52. The second kappa shape index (κ2) is 5.18. The highest BCUT2D eigenvalue weighted by molar-refractivity contribution is 7.85. The van der Waals surface area contributed by atoms with E-state index >= 15 is 0 Å². The first-order chi connectivity index (χ1) is 8.53. The van der Waals surface area contributed by atoms with Crippen LogP contribution in [0, 0.1) is 0 Å². The summed E-state index contributed by atoms with van der Waals surface area (Å²) in [6.07, 6.45) is 0. The molecule has 0 heterocycles. The second-order valence-electron chi connectivity index (χ2n) is 3.75. The Bertz CT molecular complexity index is 624. The van der Waals surface area contributed by atoms with Crippen LogP contribution in [0.1, 0.15) is 5.56 Å². The molecule has 0 saturated heterocycles. The predicted octanol–water partition coefficient (Wildman–Crippen LogP) is 3.28. The number of rotatable bonds is 4. The number of ether oxygens (including phenoxy) is 1. The maximum Gasteiger partial charge on any atom is 0.306 e. The van der Waals surface area contributed by atoms with E-state index in [1.54, 1.807) is 24.3 Å². The molecule has 0 aliphatic rings. The van der Waals surface area contributed by atoms with Crippen molar-refractivity contribution in [2.45, 2.75) is 5.75 Å². The lowest BCUT2D eigenvalue weighted by Gasteiger charge is -2.06. The van der Waals surface area contributed by atoms with Gasteiger partial charge in [-0.15, -0.1) is 3.89 Å². The van der Waals surface area contributed by atoms with Gasteiger partial charge < -0.3 is 4.74 Å². The van der Waals surface area contributed by atoms with Crippen molar-refractivity contribution in [2.75, 3.05) is 0 Å². The highest BCUT2D eigenvalue weighted by Crippen LogP contribution is 2.22. The van der Waals surface area contributed by atoms with Crippen LogP contribution in [0.5, 0.6) is 11.5 Å². The summed E-state index contributed by atoms with van der Waals surface area (Å²) < 4.78 is 39.2. The SMILES string of the molecule is O=S(=O)(F)Cc1cccc(Oc2ccccc2)c1. The summed E-state index contributed by atoms with van der Waals surface area (Å²) >= 11 is 0. The first kappa shape index (κ1) is 12.6. The first-order valence-electron chi connectivity index (χ1n) is 5.27. The molecule has 2 rings (SSSR count). The summed E-state index contributed by atoms with van der Waals surface area (Å²) in [6.45, 7) is 0. The lowest BCUT2D eigenvalue weighted by atomic mass is 10.2. The van der Waals surface area contributed by atoms with E-state index in [4.69, 9.17) is 4.74 Å². The highest BCUT2D eigenvalue weighted by atomic mass is 32.3. The van der Waals surface area contributed by atoms with Crippen LogP contribution >= 0.6 is 0 Å². The summed E-state index contributed by atoms with van der Waals surface area (Å²) in [4.78, 5) is 0. The van der Waals surface area contributed by atoms with Gasteiger partial charge in [0.15, 0.2) is 0 Å². The van der Waals surface area contributed by atoms with Crippen molar-refractivity contribution in [3.8, 4) is 11.5 Å². The Kier molecular flexibility index (Phi) is 3.62. The monoisotopic (exact) mass is 266 g/mol. The molecule has 0 unspecified atom stereocenters. The third-order valence-electron chi connectivity index (χ3n) is 2.22. The molecule has 0 aromatic heterocycles. The highest BCUT2D eigenvalue weighted by Gasteiger charge is 2.09. The number of benzene rings is 2. The zero-order valence-corrected chi connectivity index (χ0v) is 10.2. The standard InChI is InChI=1S/C13H11FO3S/c14-18(15,16)10-11-5-4-8-13(9-11)17-12-6-2-1-3-7-12/h1-9H,10H2. The fourth-order valence-corrected chi connectivity index (χ4v) is 2.10. The molecule has 0 aliphatic carbocycles. The van der Waals surface area contributed by atoms with Gasteiger partial charge in [-0.05, 0) is 29.8 Å². The van der Waals surface area contributed by atoms with Gasteiger partial charge in [0.1, 0.15) is 17.3 Å². The van der Waals surface area contributed by atoms with Gasteiger partial charge in [0.2, 0.25) is 0 Å². The normalized spacial score (nSPS) is 11.2. The van der Waals surface area contributed by atoms with E-state index in [0.717, 1.165) is 0 Å². The van der Waals surface area contributed by atoms with E-state index in [2.05, 4.69) is 0 Å². The largest absolute Gasteiger partial charge is 0.457 e. The molecule has 0 saturated carbocycles. The predicted molar refractivity (Wildman–Crippen MR) is 66.7 cm³/mol. The van der Waals surface area contributed by atoms with Gasteiger partial charge in [0, 0.05) is 0 Å². The van der Waals surface area contributed by atoms with E-state index < -0.39 is 16.0 Å².